The zero-order valence-corrected chi connectivity index (χ0v) is 9.51. The third-order valence-corrected chi connectivity index (χ3v) is 4.15. The highest BCUT2D eigenvalue weighted by atomic mass is 32.1. The number of carbonyl (C=O) groups excluding carboxylic acids is 1. The molecule has 1 aromatic rings. The first-order valence-electron chi connectivity index (χ1n) is 5.16. The fourth-order valence-corrected chi connectivity index (χ4v) is 2.96. The highest BCUT2D eigenvalue weighted by Crippen LogP contribution is 2.41. The van der Waals surface area contributed by atoms with Crippen LogP contribution in [0.25, 0.3) is 0 Å². The van der Waals surface area contributed by atoms with Gasteiger partial charge in [0.15, 0.2) is 0 Å². The molecule has 1 aliphatic rings. The predicted molar refractivity (Wildman–Crippen MR) is 58.1 cm³/mol. The highest BCUT2D eigenvalue weighted by Gasteiger charge is 2.32. The lowest BCUT2D eigenvalue weighted by Gasteiger charge is -2.30. The Morgan fingerprint density at radius 2 is 2.07 bits per heavy atom. The number of aliphatic imine (C=N–C) groups is 1. The number of nitrogens with zero attached hydrogens (tertiary/aromatic N) is 3. The van der Waals surface area contributed by atoms with Crippen LogP contribution in [0, 0.1) is 0 Å². The standard InChI is InChI=1S/C10H13N3OS/c1-10(5-3-2-4-6-10)8-12-13-9(15-8)11-7-14/h2-6H2,1H3. The van der Waals surface area contributed by atoms with Crippen LogP contribution in [0.5, 0.6) is 0 Å². The number of hydrogen-bond acceptors (Lipinski definition) is 5. The van der Waals surface area contributed by atoms with E-state index in [0.717, 1.165) is 17.8 Å². The van der Waals surface area contributed by atoms with Crippen LogP contribution in [-0.2, 0) is 10.2 Å². The van der Waals surface area contributed by atoms with Crippen LogP contribution in [0.15, 0.2) is 4.99 Å². The van der Waals surface area contributed by atoms with Crippen molar-refractivity contribution in [2.24, 2.45) is 4.99 Å². The summed E-state index contributed by atoms with van der Waals surface area (Å²) in [6.45, 7) is 2.22. The van der Waals surface area contributed by atoms with Gasteiger partial charge in [-0.15, -0.1) is 15.2 Å². The predicted octanol–water partition coefficient (Wildman–Crippen LogP) is 2.73. The van der Waals surface area contributed by atoms with E-state index in [0.29, 0.717) is 5.13 Å². The quantitative estimate of drug-likeness (QED) is 0.572. The molecule has 0 radical (unpaired) electrons. The molecule has 0 bridgehead atoms. The molecule has 0 amide bonds. The second kappa shape index (κ2) is 4.21. The first-order valence-corrected chi connectivity index (χ1v) is 5.98. The average molecular weight is 223 g/mol. The van der Waals surface area contributed by atoms with E-state index in [9.17, 15) is 4.79 Å². The molecule has 1 aliphatic carbocycles. The van der Waals surface area contributed by atoms with Crippen LogP contribution in [-0.4, -0.2) is 16.3 Å². The Morgan fingerprint density at radius 1 is 1.33 bits per heavy atom. The van der Waals surface area contributed by atoms with Gasteiger partial charge >= 0.3 is 0 Å². The van der Waals surface area contributed by atoms with E-state index in [1.165, 1.54) is 36.7 Å². The summed E-state index contributed by atoms with van der Waals surface area (Å²) in [5.41, 5.74) is 0.145. The summed E-state index contributed by atoms with van der Waals surface area (Å²) in [5, 5.41) is 9.43. The molecule has 1 aromatic heterocycles. The van der Waals surface area contributed by atoms with Crippen LogP contribution >= 0.6 is 11.3 Å². The molecular formula is C10H13N3OS. The summed E-state index contributed by atoms with van der Waals surface area (Å²) in [4.78, 5) is 13.6. The fraction of sp³-hybridized carbons (Fsp3) is 0.700. The molecule has 0 aliphatic heterocycles. The van der Waals surface area contributed by atoms with Crippen molar-refractivity contribution < 1.29 is 4.79 Å². The van der Waals surface area contributed by atoms with Crippen LogP contribution in [0.3, 0.4) is 0 Å². The minimum atomic E-state index is 0.145. The summed E-state index contributed by atoms with van der Waals surface area (Å²) in [7, 11) is 0. The lowest BCUT2D eigenvalue weighted by atomic mass is 9.76. The summed E-state index contributed by atoms with van der Waals surface area (Å²) in [6, 6.07) is 0. The van der Waals surface area contributed by atoms with Crippen molar-refractivity contribution in [2.75, 3.05) is 0 Å². The van der Waals surface area contributed by atoms with Gasteiger partial charge in [-0.05, 0) is 12.8 Å². The maximum Gasteiger partial charge on any atom is 0.242 e. The van der Waals surface area contributed by atoms with Gasteiger partial charge in [-0.1, -0.05) is 37.5 Å². The molecule has 0 spiro atoms. The largest absolute Gasteiger partial charge is 0.242 e. The van der Waals surface area contributed by atoms with Gasteiger partial charge in [0.25, 0.3) is 0 Å². The maximum absolute atomic E-state index is 10.1. The molecular weight excluding hydrogens is 210 g/mol. The molecule has 15 heavy (non-hydrogen) atoms. The topological polar surface area (TPSA) is 55.2 Å². The Kier molecular flexibility index (Phi) is 2.93. The molecule has 0 aromatic carbocycles. The van der Waals surface area contributed by atoms with E-state index in [4.69, 9.17) is 0 Å². The Morgan fingerprint density at radius 3 is 2.73 bits per heavy atom. The van der Waals surface area contributed by atoms with Gasteiger partial charge in [0.05, 0.1) is 0 Å². The second-order valence-electron chi connectivity index (χ2n) is 4.21. The molecule has 1 heterocycles. The van der Waals surface area contributed by atoms with Crippen LogP contribution in [0.2, 0.25) is 0 Å². The van der Waals surface area contributed by atoms with Crippen LogP contribution < -0.4 is 0 Å². The zero-order valence-electron chi connectivity index (χ0n) is 8.69. The van der Waals surface area contributed by atoms with Crippen molar-refractivity contribution in [1.29, 1.82) is 0 Å². The molecule has 0 unspecified atom stereocenters. The van der Waals surface area contributed by atoms with Gasteiger partial charge in [0.2, 0.25) is 11.2 Å². The highest BCUT2D eigenvalue weighted by molar-refractivity contribution is 7.15. The average Bonchev–Trinajstić information content (AvgIpc) is 2.69. The molecule has 0 N–H and O–H groups in total. The number of aromatic nitrogens is 2. The molecule has 80 valence electrons. The van der Waals surface area contributed by atoms with Crippen molar-refractivity contribution in [3.8, 4) is 0 Å². The van der Waals surface area contributed by atoms with Gasteiger partial charge in [0, 0.05) is 5.41 Å². The van der Waals surface area contributed by atoms with Crippen LogP contribution in [0.1, 0.15) is 44.0 Å². The van der Waals surface area contributed by atoms with Crippen molar-refractivity contribution in [3.05, 3.63) is 5.01 Å². The first kappa shape index (κ1) is 10.5. The summed E-state index contributed by atoms with van der Waals surface area (Å²) >= 11 is 1.41. The van der Waals surface area contributed by atoms with Gasteiger partial charge in [-0.25, -0.2) is 4.79 Å². The third kappa shape index (κ3) is 2.13. The van der Waals surface area contributed by atoms with Gasteiger partial charge in [-0.3, -0.25) is 0 Å². The van der Waals surface area contributed by atoms with Gasteiger partial charge < -0.3 is 0 Å². The van der Waals surface area contributed by atoms with E-state index in [2.05, 4.69) is 22.1 Å². The first-order chi connectivity index (χ1) is 7.24. The third-order valence-electron chi connectivity index (χ3n) is 3.03. The monoisotopic (exact) mass is 223 g/mol. The zero-order chi connectivity index (χ0) is 10.7. The number of hydrogen-bond donors (Lipinski definition) is 0. The molecule has 4 nitrogen and oxygen atoms in total. The SMILES string of the molecule is CC1(c2nnc(N=C=O)s2)CCCCC1. The van der Waals surface area contributed by atoms with E-state index < -0.39 is 0 Å². The lowest BCUT2D eigenvalue weighted by Crippen LogP contribution is -2.24. The summed E-state index contributed by atoms with van der Waals surface area (Å²) in [6.07, 6.45) is 7.63. The minimum absolute atomic E-state index is 0.145. The Labute approximate surface area is 92.5 Å². The molecule has 0 atom stereocenters. The normalized spacial score (nSPS) is 19.5. The lowest BCUT2D eigenvalue weighted by molar-refractivity contribution is 0.317. The van der Waals surface area contributed by atoms with Gasteiger partial charge in [-0.2, -0.15) is 0 Å². The maximum atomic E-state index is 10.1. The Balaban J connectivity index is 2.23. The van der Waals surface area contributed by atoms with E-state index in [1.807, 2.05) is 0 Å². The molecule has 5 heteroatoms. The summed E-state index contributed by atoms with van der Waals surface area (Å²) < 4.78 is 0. The Bertz CT molecular complexity index is 389. The van der Waals surface area contributed by atoms with E-state index in [-0.39, 0.29) is 5.41 Å². The fourth-order valence-electron chi connectivity index (χ4n) is 2.09. The van der Waals surface area contributed by atoms with Crippen LogP contribution in [0.4, 0.5) is 5.13 Å². The van der Waals surface area contributed by atoms with Crippen molar-refractivity contribution in [1.82, 2.24) is 10.2 Å². The molecule has 1 fully saturated rings. The smallest absolute Gasteiger partial charge is 0.211 e. The number of isocyanates is 1. The Hall–Kier alpha value is -1.06. The second-order valence-corrected chi connectivity index (χ2v) is 5.17. The van der Waals surface area contributed by atoms with Crippen molar-refractivity contribution >= 4 is 22.5 Å². The summed E-state index contributed by atoms with van der Waals surface area (Å²) in [5.74, 6) is 0. The molecule has 1 saturated carbocycles. The number of rotatable bonds is 2. The van der Waals surface area contributed by atoms with Gasteiger partial charge in [0.1, 0.15) is 5.01 Å². The van der Waals surface area contributed by atoms with Crippen molar-refractivity contribution in [3.63, 3.8) is 0 Å². The van der Waals surface area contributed by atoms with Crippen molar-refractivity contribution in [2.45, 2.75) is 44.4 Å². The molecule has 0 saturated heterocycles. The molecule has 2 rings (SSSR count). The van der Waals surface area contributed by atoms with E-state index in [1.54, 1.807) is 0 Å². The van der Waals surface area contributed by atoms with E-state index >= 15 is 0 Å². The minimum Gasteiger partial charge on any atom is -0.211 e.